The molecule has 59 heavy (non-hydrogen) atoms. The van der Waals surface area contributed by atoms with E-state index in [1.165, 1.54) is 12.2 Å². The number of phosphoric acid groups is 3. The first-order valence-electron chi connectivity index (χ1n) is 17.1. The largest absolute Gasteiger partial charge is 1.00 e. The molecule has 0 aliphatic carbocycles. The normalized spacial score (nSPS) is 24.1. The van der Waals surface area contributed by atoms with Gasteiger partial charge in [0.15, 0.2) is 0 Å². The molecule has 3 aliphatic heterocycles. The van der Waals surface area contributed by atoms with Crippen LogP contribution < -0.4 is 128 Å². The van der Waals surface area contributed by atoms with Gasteiger partial charge in [0.1, 0.15) is 12.3 Å². The number of nitrogens with zero attached hydrogens (tertiary/aromatic N) is 1. The number of ether oxygens (including phenoxy) is 1. The molecule has 3 fully saturated rings. The maximum absolute atomic E-state index is 12.5. The Balaban J connectivity index is 0.00000841. The number of aromatic nitrogens is 2. The molecule has 6 N–H and O–H groups in total. The Morgan fingerprint density at radius 1 is 0.932 bits per heavy atom. The Morgan fingerprint density at radius 2 is 1.59 bits per heavy atom. The van der Waals surface area contributed by atoms with Crippen molar-refractivity contribution in [3.63, 3.8) is 0 Å². The second-order valence-electron chi connectivity index (χ2n) is 12.7. The average Bonchev–Trinajstić information content (AvgIpc) is 3.74. The van der Waals surface area contributed by atoms with Crippen molar-refractivity contribution >= 4 is 59.2 Å². The van der Waals surface area contributed by atoms with Gasteiger partial charge in [-0.1, -0.05) is 25.0 Å². The van der Waals surface area contributed by atoms with E-state index in [4.69, 9.17) is 4.74 Å². The smallest absolute Gasteiger partial charge is 0.790 e. The quantitative estimate of drug-likeness (QED) is 0.0272. The van der Waals surface area contributed by atoms with Gasteiger partial charge < -0.3 is 59.8 Å². The van der Waals surface area contributed by atoms with E-state index < -0.39 is 59.8 Å². The molecule has 4 amide bonds. The fourth-order valence-corrected chi connectivity index (χ4v) is 10.4. The number of rotatable bonds is 22. The van der Waals surface area contributed by atoms with E-state index in [1.54, 1.807) is 0 Å². The standard InChI is InChI=1S/C28H45N6O17P3S.4Li/c35-19-13-24(49-20(19)15-48-53(44,45)51-54(46,47)50-52(41,42)43)34-14-17(26(38)33-28(34)40)7-6-12-30-22(36)9-2-1-5-11-29-23(37)10-4-3-8-21-25-18(16-55-21)31-27(39)32-25;;;;/h6-7,14,18-21,24-25,35H,1-5,8-13,15-16H2,(H,29,37)(H,30,36)(H,44,45)(H,46,47)(H2,31,32,39)(H,33,38,40)(H2,41,42,43);;;;/q;4*+1/p-4/b7-6+;;;;/t18?,19-,20-,21?,24-,25?;;;;/m1..../s1. The zero-order valence-corrected chi connectivity index (χ0v) is 36.6. The molecule has 0 saturated carbocycles. The predicted octanol–water partition coefficient (Wildman–Crippen LogP) is -14.5. The van der Waals surface area contributed by atoms with Gasteiger partial charge in [0.25, 0.3) is 21.2 Å². The van der Waals surface area contributed by atoms with Crippen LogP contribution in [0.25, 0.3) is 6.08 Å². The van der Waals surface area contributed by atoms with E-state index >= 15 is 0 Å². The van der Waals surface area contributed by atoms with Crippen LogP contribution in [-0.2, 0) is 41.2 Å². The van der Waals surface area contributed by atoms with Crippen LogP contribution in [0, 0.1) is 0 Å². The summed E-state index contributed by atoms with van der Waals surface area (Å²) in [5.74, 6) is 0.629. The topological polar surface area (TPSA) is 355 Å². The Morgan fingerprint density at radius 3 is 2.27 bits per heavy atom. The molecule has 310 valence electrons. The molecule has 0 radical (unpaired) electrons. The summed E-state index contributed by atoms with van der Waals surface area (Å²) >= 11 is 1.84. The van der Waals surface area contributed by atoms with E-state index in [9.17, 15) is 62.3 Å². The summed E-state index contributed by atoms with van der Waals surface area (Å²) in [5.41, 5.74) is -1.79. The summed E-state index contributed by atoms with van der Waals surface area (Å²) < 4.78 is 50.7. The van der Waals surface area contributed by atoms with E-state index in [-0.39, 0.29) is 130 Å². The molecule has 0 aromatic carbocycles. The van der Waals surface area contributed by atoms with Crippen LogP contribution in [0.4, 0.5) is 4.79 Å². The van der Waals surface area contributed by atoms with Gasteiger partial charge in [-0.3, -0.25) is 37.4 Å². The zero-order chi connectivity index (χ0) is 40.4. The van der Waals surface area contributed by atoms with E-state index in [0.29, 0.717) is 37.5 Å². The van der Waals surface area contributed by atoms with Crippen LogP contribution in [0.15, 0.2) is 21.9 Å². The second kappa shape index (κ2) is 27.1. The second-order valence-corrected chi connectivity index (χ2v) is 18.2. The number of H-pyrrole nitrogens is 1. The molecule has 3 saturated heterocycles. The van der Waals surface area contributed by atoms with Crippen molar-refractivity contribution in [1.29, 1.82) is 0 Å². The van der Waals surface area contributed by atoms with Crippen molar-refractivity contribution in [2.45, 2.75) is 93.6 Å². The van der Waals surface area contributed by atoms with Crippen molar-refractivity contribution in [1.82, 2.24) is 30.8 Å². The third kappa shape index (κ3) is 20.4. The minimum Gasteiger partial charge on any atom is -0.790 e. The number of amides is 4. The number of carbonyl (C=O) groups excluding carboxylic acids is 3. The number of fused-ring (bicyclic) bond motifs is 1. The number of urea groups is 1. The molecule has 1 aromatic heterocycles. The van der Waals surface area contributed by atoms with Gasteiger partial charge in [-0.15, -0.1) is 0 Å². The number of phosphoric ester groups is 1. The number of unbranched alkanes of at least 4 members (excludes halogenated alkanes) is 3. The van der Waals surface area contributed by atoms with E-state index in [1.807, 2.05) is 11.8 Å². The third-order valence-corrected chi connectivity index (χ3v) is 13.7. The van der Waals surface area contributed by atoms with Gasteiger partial charge in [0, 0.05) is 49.6 Å². The van der Waals surface area contributed by atoms with Crippen molar-refractivity contribution in [3.05, 3.63) is 38.7 Å². The molecule has 1 aromatic rings. The van der Waals surface area contributed by atoms with Gasteiger partial charge in [0.05, 0.1) is 38.2 Å². The third-order valence-electron chi connectivity index (χ3n) is 8.50. The number of nitrogens with one attached hydrogen (secondary N) is 5. The summed E-state index contributed by atoms with van der Waals surface area (Å²) in [6, 6.07) is 0.223. The number of aliphatic hydroxyl groups is 1. The number of hydrogen-bond acceptors (Lipinski definition) is 18. The van der Waals surface area contributed by atoms with Crippen molar-refractivity contribution in [2.75, 3.05) is 25.4 Å². The van der Waals surface area contributed by atoms with Gasteiger partial charge in [0.2, 0.25) is 11.8 Å². The van der Waals surface area contributed by atoms with Crippen molar-refractivity contribution in [3.8, 4) is 0 Å². The molecular weight excluding hydrogens is 845 g/mol. The van der Waals surface area contributed by atoms with Crippen molar-refractivity contribution in [2.24, 2.45) is 0 Å². The van der Waals surface area contributed by atoms with E-state index in [0.717, 1.165) is 35.8 Å². The first-order chi connectivity index (χ1) is 25.8. The molecule has 0 spiro atoms. The molecule has 4 rings (SSSR count). The number of hydrogen-bond donors (Lipinski definition) is 6. The predicted molar refractivity (Wildman–Crippen MR) is 184 cm³/mol. The zero-order valence-electron chi connectivity index (χ0n) is 33.1. The van der Waals surface area contributed by atoms with Crippen LogP contribution in [0.5, 0.6) is 0 Å². The first-order valence-corrected chi connectivity index (χ1v) is 22.5. The Hall–Kier alpha value is -0.300. The van der Waals surface area contributed by atoms with Gasteiger partial charge in [-0.25, -0.2) is 13.9 Å². The fraction of sp³-hybridized carbons (Fsp3) is 0.679. The van der Waals surface area contributed by atoms with Crippen LogP contribution in [0.3, 0.4) is 0 Å². The minimum atomic E-state index is -6.20. The van der Waals surface area contributed by atoms with Gasteiger partial charge in [-0.2, -0.15) is 11.8 Å². The van der Waals surface area contributed by atoms with Crippen LogP contribution >= 0.6 is 35.2 Å². The summed E-state index contributed by atoms with van der Waals surface area (Å²) in [5, 5.41) is 22.1. The Kier molecular flexibility index (Phi) is 27.0. The molecule has 8 atom stereocenters. The van der Waals surface area contributed by atoms with Crippen LogP contribution in [0.1, 0.15) is 69.6 Å². The molecular formula is C28H41Li4N6O17P3S. The first kappa shape index (κ1) is 58.7. The molecule has 5 unspecified atom stereocenters. The molecule has 31 heteroatoms. The SMILES string of the molecule is O=C(CCCCCNC(=O)CCCCC1SCC2NC(=O)NC21)NC/C=C/c1cn([C@H]2C[C@@H](O)[C@@H](COP(=O)([O-])OP(=O)([O-])OP(=O)([O-])[O-])O2)c(=O)[nH]c1=O.[Li+].[Li+].[Li+].[Li+]. The summed E-state index contributed by atoms with van der Waals surface area (Å²) in [4.78, 5) is 107. The van der Waals surface area contributed by atoms with Crippen LogP contribution in [-0.4, -0.2) is 87.5 Å². The Labute approximate surface area is 391 Å². The maximum atomic E-state index is 12.5. The van der Waals surface area contributed by atoms with Crippen LogP contribution in [0.2, 0.25) is 0 Å². The Bertz CT molecular complexity index is 1840. The molecule has 4 heterocycles. The van der Waals surface area contributed by atoms with Gasteiger partial charge in [-0.05, 0) is 25.7 Å². The monoisotopic (exact) mass is 886 g/mol. The minimum absolute atomic E-state index is 0. The molecule has 3 aliphatic rings. The number of aromatic amines is 1. The maximum Gasteiger partial charge on any atom is 1.00 e. The summed E-state index contributed by atoms with van der Waals surface area (Å²) in [6.45, 7) is -0.535. The number of carbonyl (C=O) groups is 3. The number of thioether (sulfide) groups is 1. The van der Waals surface area contributed by atoms with Gasteiger partial charge >= 0.3 is 87.2 Å². The summed E-state index contributed by atoms with van der Waals surface area (Å²) in [6.07, 6.45) is 4.55. The fourth-order valence-electron chi connectivity index (χ4n) is 5.94. The van der Waals surface area contributed by atoms with E-state index in [2.05, 4.69) is 39.4 Å². The van der Waals surface area contributed by atoms with Crippen molar-refractivity contribution < 1.29 is 146 Å². The number of aliphatic hydroxyl groups excluding tert-OH is 1. The average molecular weight is 886 g/mol. The summed E-state index contributed by atoms with van der Waals surface area (Å²) in [7, 11) is -18.2. The molecule has 23 nitrogen and oxygen atoms in total. The molecule has 0 bridgehead atoms.